The molecule has 1 aromatic rings. The van der Waals surface area contributed by atoms with E-state index < -0.39 is 0 Å². The summed E-state index contributed by atoms with van der Waals surface area (Å²) in [5, 5.41) is 3.59. The summed E-state index contributed by atoms with van der Waals surface area (Å²) < 4.78 is 5.15. The zero-order chi connectivity index (χ0) is 12.7. The number of methoxy groups -OCH3 is 1. The van der Waals surface area contributed by atoms with Crippen LogP contribution in [-0.2, 0) is 6.42 Å². The molecule has 0 saturated carbocycles. The van der Waals surface area contributed by atoms with Crippen molar-refractivity contribution in [3.05, 3.63) is 23.9 Å². The summed E-state index contributed by atoms with van der Waals surface area (Å²) >= 11 is 0. The van der Waals surface area contributed by atoms with E-state index in [0.29, 0.717) is 17.8 Å². The van der Waals surface area contributed by atoms with Gasteiger partial charge in [-0.1, -0.05) is 20.8 Å². The van der Waals surface area contributed by atoms with E-state index >= 15 is 0 Å². The minimum Gasteiger partial charge on any atom is -0.481 e. The smallest absolute Gasteiger partial charge is 0.213 e. The molecule has 0 spiro atoms. The van der Waals surface area contributed by atoms with Gasteiger partial charge in [-0.3, -0.25) is 0 Å². The molecule has 1 heterocycles. The van der Waals surface area contributed by atoms with Gasteiger partial charge in [0, 0.05) is 18.3 Å². The van der Waals surface area contributed by atoms with Crippen molar-refractivity contribution in [2.24, 2.45) is 5.92 Å². The minimum absolute atomic E-state index is 0.516. The Morgan fingerprint density at radius 2 is 2.18 bits per heavy atom. The first-order valence-electron chi connectivity index (χ1n) is 6.39. The molecule has 1 unspecified atom stereocenters. The molecule has 0 bridgehead atoms. The molecule has 0 saturated heterocycles. The van der Waals surface area contributed by atoms with Crippen LogP contribution in [0.4, 0.5) is 0 Å². The lowest BCUT2D eigenvalue weighted by Crippen LogP contribution is -2.36. The molecule has 1 aromatic heterocycles. The Hall–Kier alpha value is -1.09. The van der Waals surface area contributed by atoms with Crippen molar-refractivity contribution in [3.63, 3.8) is 0 Å². The van der Waals surface area contributed by atoms with E-state index in [-0.39, 0.29) is 0 Å². The average Bonchev–Trinajstić information content (AvgIpc) is 2.34. The minimum atomic E-state index is 0.516. The maximum atomic E-state index is 5.15. The molecule has 0 fully saturated rings. The van der Waals surface area contributed by atoms with Gasteiger partial charge in [0.15, 0.2) is 0 Å². The van der Waals surface area contributed by atoms with Gasteiger partial charge >= 0.3 is 0 Å². The standard InChI is InChI=1S/C14H24N2O/c1-5-7-15-13(11(2)3)9-12-6-8-16-14(10-12)17-4/h6,8,10-11,13,15H,5,7,9H2,1-4H3. The topological polar surface area (TPSA) is 34.2 Å². The molecule has 0 aliphatic rings. The lowest BCUT2D eigenvalue weighted by atomic mass is 9.97. The Labute approximate surface area is 105 Å². The number of ether oxygens (including phenoxy) is 1. The van der Waals surface area contributed by atoms with Crippen LogP contribution in [-0.4, -0.2) is 24.7 Å². The third kappa shape index (κ3) is 4.73. The normalized spacial score (nSPS) is 12.8. The highest BCUT2D eigenvalue weighted by Gasteiger charge is 2.13. The predicted molar refractivity (Wildman–Crippen MR) is 71.4 cm³/mol. The van der Waals surface area contributed by atoms with Crippen LogP contribution < -0.4 is 10.1 Å². The molecule has 1 N–H and O–H groups in total. The molecule has 96 valence electrons. The quantitative estimate of drug-likeness (QED) is 0.790. The van der Waals surface area contributed by atoms with Gasteiger partial charge in [0.25, 0.3) is 0 Å². The lowest BCUT2D eigenvalue weighted by molar-refractivity contribution is 0.388. The maximum Gasteiger partial charge on any atom is 0.213 e. The first-order valence-corrected chi connectivity index (χ1v) is 6.39. The molecule has 0 aliphatic heterocycles. The Kier molecular flexibility index (Phi) is 5.98. The van der Waals surface area contributed by atoms with Crippen molar-refractivity contribution in [3.8, 4) is 5.88 Å². The van der Waals surface area contributed by atoms with Crippen molar-refractivity contribution < 1.29 is 4.74 Å². The van der Waals surface area contributed by atoms with Crippen molar-refractivity contribution in [1.29, 1.82) is 0 Å². The zero-order valence-corrected chi connectivity index (χ0v) is 11.4. The highest BCUT2D eigenvalue weighted by Crippen LogP contribution is 2.14. The molecule has 1 rings (SSSR count). The second-order valence-corrected chi connectivity index (χ2v) is 4.72. The maximum absolute atomic E-state index is 5.15. The van der Waals surface area contributed by atoms with E-state index in [1.807, 2.05) is 12.3 Å². The monoisotopic (exact) mass is 236 g/mol. The molecular weight excluding hydrogens is 212 g/mol. The number of nitrogens with zero attached hydrogens (tertiary/aromatic N) is 1. The summed E-state index contributed by atoms with van der Waals surface area (Å²) in [6, 6.07) is 4.59. The largest absolute Gasteiger partial charge is 0.481 e. The van der Waals surface area contributed by atoms with E-state index in [1.54, 1.807) is 7.11 Å². The number of nitrogens with one attached hydrogen (secondary N) is 1. The fourth-order valence-electron chi connectivity index (χ4n) is 1.82. The van der Waals surface area contributed by atoms with E-state index in [0.717, 1.165) is 13.0 Å². The first kappa shape index (κ1) is 14.0. The molecule has 0 aromatic carbocycles. The number of rotatable bonds is 7. The van der Waals surface area contributed by atoms with Gasteiger partial charge in [-0.05, 0) is 36.9 Å². The van der Waals surface area contributed by atoms with Crippen LogP contribution in [0, 0.1) is 5.92 Å². The summed E-state index contributed by atoms with van der Waals surface area (Å²) in [4.78, 5) is 4.13. The Morgan fingerprint density at radius 1 is 1.41 bits per heavy atom. The van der Waals surface area contributed by atoms with Crippen LogP contribution in [0.1, 0.15) is 32.8 Å². The molecule has 3 heteroatoms. The van der Waals surface area contributed by atoms with Gasteiger partial charge in [-0.25, -0.2) is 4.98 Å². The van der Waals surface area contributed by atoms with Crippen LogP contribution in [0.25, 0.3) is 0 Å². The predicted octanol–water partition coefficient (Wildman–Crippen LogP) is 2.66. The Bertz CT molecular complexity index is 326. The van der Waals surface area contributed by atoms with Crippen LogP contribution in [0.3, 0.4) is 0 Å². The van der Waals surface area contributed by atoms with Gasteiger partial charge in [-0.2, -0.15) is 0 Å². The molecule has 3 nitrogen and oxygen atoms in total. The molecule has 17 heavy (non-hydrogen) atoms. The fourth-order valence-corrected chi connectivity index (χ4v) is 1.82. The van der Waals surface area contributed by atoms with Crippen LogP contribution in [0.15, 0.2) is 18.3 Å². The number of pyridine rings is 1. The zero-order valence-electron chi connectivity index (χ0n) is 11.4. The van der Waals surface area contributed by atoms with Crippen LogP contribution >= 0.6 is 0 Å². The van der Waals surface area contributed by atoms with Gasteiger partial charge in [0.1, 0.15) is 0 Å². The summed E-state index contributed by atoms with van der Waals surface area (Å²) in [7, 11) is 1.65. The molecule has 0 amide bonds. The third-order valence-electron chi connectivity index (χ3n) is 2.93. The fraction of sp³-hybridized carbons (Fsp3) is 0.643. The molecule has 0 aliphatic carbocycles. The third-order valence-corrected chi connectivity index (χ3v) is 2.93. The summed E-state index contributed by atoms with van der Waals surface area (Å²) in [5.74, 6) is 1.32. The van der Waals surface area contributed by atoms with E-state index in [4.69, 9.17) is 4.74 Å². The second-order valence-electron chi connectivity index (χ2n) is 4.72. The molecular formula is C14H24N2O. The van der Waals surface area contributed by atoms with Gasteiger partial charge in [-0.15, -0.1) is 0 Å². The average molecular weight is 236 g/mol. The number of hydrogen-bond acceptors (Lipinski definition) is 3. The van der Waals surface area contributed by atoms with Crippen LogP contribution in [0.5, 0.6) is 5.88 Å². The summed E-state index contributed by atoms with van der Waals surface area (Å²) in [5.41, 5.74) is 1.28. The summed E-state index contributed by atoms with van der Waals surface area (Å²) in [6.07, 6.45) is 4.00. The Morgan fingerprint density at radius 3 is 2.76 bits per heavy atom. The highest BCUT2D eigenvalue weighted by atomic mass is 16.5. The van der Waals surface area contributed by atoms with Gasteiger partial charge in [0.2, 0.25) is 5.88 Å². The van der Waals surface area contributed by atoms with Crippen molar-refractivity contribution in [1.82, 2.24) is 10.3 Å². The van der Waals surface area contributed by atoms with Gasteiger partial charge < -0.3 is 10.1 Å². The number of aromatic nitrogens is 1. The molecule has 0 radical (unpaired) electrons. The van der Waals surface area contributed by atoms with E-state index in [1.165, 1.54) is 12.0 Å². The Balaban J connectivity index is 2.64. The SMILES string of the molecule is CCCNC(Cc1ccnc(OC)c1)C(C)C. The van der Waals surface area contributed by atoms with Crippen molar-refractivity contribution in [2.45, 2.75) is 39.7 Å². The number of hydrogen-bond donors (Lipinski definition) is 1. The van der Waals surface area contributed by atoms with Crippen molar-refractivity contribution >= 4 is 0 Å². The lowest BCUT2D eigenvalue weighted by Gasteiger charge is -2.22. The van der Waals surface area contributed by atoms with Gasteiger partial charge in [0.05, 0.1) is 7.11 Å². The van der Waals surface area contributed by atoms with Crippen molar-refractivity contribution in [2.75, 3.05) is 13.7 Å². The highest BCUT2D eigenvalue weighted by molar-refractivity contribution is 5.21. The summed E-state index contributed by atoms with van der Waals surface area (Å²) in [6.45, 7) is 7.78. The first-order chi connectivity index (χ1) is 8.17. The molecule has 1 atom stereocenters. The van der Waals surface area contributed by atoms with E-state index in [2.05, 4.69) is 37.1 Å². The van der Waals surface area contributed by atoms with Crippen LogP contribution in [0.2, 0.25) is 0 Å². The van der Waals surface area contributed by atoms with E-state index in [9.17, 15) is 0 Å². The second kappa shape index (κ2) is 7.28.